The van der Waals surface area contributed by atoms with E-state index in [-0.39, 0.29) is 11.9 Å². The largest absolute Gasteiger partial charge is 0.497 e. The molecule has 0 radical (unpaired) electrons. The van der Waals surface area contributed by atoms with Crippen molar-refractivity contribution in [2.45, 2.75) is 26.3 Å². The summed E-state index contributed by atoms with van der Waals surface area (Å²) in [6, 6.07) is 17.7. The highest BCUT2D eigenvalue weighted by molar-refractivity contribution is 8.26. The molecule has 0 bridgehead atoms. The van der Waals surface area contributed by atoms with Crippen molar-refractivity contribution in [3.63, 3.8) is 0 Å². The molecule has 5 nitrogen and oxygen atoms in total. The summed E-state index contributed by atoms with van der Waals surface area (Å²) >= 11 is 6.83. The fraction of sp³-hybridized carbons (Fsp3) is 0.208. The number of amides is 1. The van der Waals surface area contributed by atoms with E-state index < -0.39 is 0 Å². The Morgan fingerprint density at radius 2 is 1.87 bits per heavy atom. The van der Waals surface area contributed by atoms with Crippen molar-refractivity contribution in [2.24, 2.45) is 0 Å². The lowest BCUT2D eigenvalue weighted by molar-refractivity contribution is -0.123. The van der Waals surface area contributed by atoms with E-state index in [2.05, 4.69) is 6.92 Å². The van der Waals surface area contributed by atoms with Gasteiger partial charge in [0.2, 0.25) is 0 Å². The van der Waals surface area contributed by atoms with Crippen molar-refractivity contribution in [1.82, 2.24) is 14.7 Å². The number of ether oxygens (including phenoxy) is 1. The van der Waals surface area contributed by atoms with Gasteiger partial charge in [0, 0.05) is 23.4 Å². The molecule has 0 aliphatic carbocycles. The van der Waals surface area contributed by atoms with Crippen LogP contribution >= 0.6 is 24.0 Å². The number of nitrogens with zero attached hydrogens (tertiary/aromatic N) is 3. The molecule has 3 aromatic rings. The minimum atomic E-state index is -0.0440. The van der Waals surface area contributed by atoms with Gasteiger partial charge in [-0.15, -0.1) is 0 Å². The summed E-state index contributed by atoms with van der Waals surface area (Å²) in [7, 11) is 1.64. The Bertz CT molecular complexity index is 1140. The average molecular weight is 450 g/mol. The highest BCUT2D eigenvalue weighted by Crippen LogP contribution is 2.36. The smallest absolute Gasteiger partial charge is 0.266 e. The van der Waals surface area contributed by atoms with Crippen molar-refractivity contribution in [1.29, 1.82) is 0 Å². The number of thioether (sulfide) groups is 1. The van der Waals surface area contributed by atoms with E-state index in [4.69, 9.17) is 22.1 Å². The maximum atomic E-state index is 13.0. The number of carbonyl (C=O) groups excluding carboxylic acids is 1. The zero-order chi connectivity index (χ0) is 22.0. The second-order valence-electron chi connectivity index (χ2n) is 7.25. The number of benzene rings is 2. The van der Waals surface area contributed by atoms with Crippen LogP contribution in [0.2, 0.25) is 0 Å². The van der Waals surface area contributed by atoms with Crippen LogP contribution < -0.4 is 4.74 Å². The number of hydrogen-bond donors (Lipinski definition) is 0. The quantitative estimate of drug-likeness (QED) is 0.365. The summed E-state index contributed by atoms with van der Waals surface area (Å²) in [5.41, 5.74) is 3.54. The number of aromatic nitrogens is 2. The SMILES string of the molecule is CCC(C)N1C(=O)/C(=C\c2cn(-c3ccccc3)nc2-c2ccc(OC)cc2)SC1=S. The minimum Gasteiger partial charge on any atom is -0.497 e. The molecule has 2 aromatic carbocycles. The van der Waals surface area contributed by atoms with Crippen LogP contribution in [0.25, 0.3) is 23.0 Å². The number of para-hydroxylation sites is 1. The van der Waals surface area contributed by atoms with Crippen molar-refractivity contribution >= 4 is 40.3 Å². The standard InChI is InChI=1S/C24H23N3O2S2/c1-4-16(2)27-23(28)21(31-24(27)30)14-18-15-26(19-8-6-5-7-9-19)25-22(18)17-10-12-20(29-3)13-11-17/h5-16H,4H2,1-3H3/b21-14+. The maximum absolute atomic E-state index is 13.0. The molecule has 1 saturated heterocycles. The molecule has 1 aromatic heterocycles. The molecule has 1 aliphatic heterocycles. The van der Waals surface area contributed by atoms with Crippen LogP contribution in [0, 0.1) is 0 Å². The zero-order valence-electron chi connectivity index (χ0n) is 17.6. The van der Waals surface area contributed by atoms with Gasteiger partial charge in [-0.05, 0) is 55.8 Å². The maximum Gasteiger partial charge on any atom is 0.266 e. The Hall–Kier alpha value is -2.90. The number of methoxy groups -OCH3 is 1. The molecule has 158 valence electrons. The molecular weight excluding hydrogens is 426 g/mol. The second-order valence-corrected chi connectivity index (χ2v) is 8.93. The predicted molar refractivity (Wildman–Crippen MR) is 130 cm³/mol. The fourth-order valence-corrected chi connectivity index (χ4v) is 4.82. The van der Waals surface area contributed by atoms with Crippen LogP contribution in [-0.2, 0) is 4.79 Å². The fourth-order valence-electron chi connectivity index (χ4n) is 3.36. The number of carbonyl (C=O) groups is 1. The first kappa shape index (κ1) is 21.3. The van der Waals surface area contributed by atoms with Gasteiger partial charge in [0.25, 0.3) is 5.91 Å². The Kier molecular flexibility index (Phi) is 6.25. The van der Waals surface area contributed by atoms with E-state index in [9.17, 15) is 4.79 Å². The van der Waals surface area contributed by atoms with E-state index in [0.29, 0.717) is 9.23 Å². The van der Waals surface area contributed by atoms with Crippen LogP contribution in [0.5, 0.6) is 5.75 Å². The normalized spacial score (nSPS) is 16.2. The van der Waals surface area contributed by atoms with Gasteiger partial charge in [0.15, 0.2) is 0 Å². The van der Waals surface area contributed by atoms with Gasteiger partial charge >= 0.3 is 0 Å². The molecule has 0 saturated carbocycles. The van der Waals surface area contributed by atoms with Gasteiger partial charge in [-0.1, -0.05) is 49.1 Å². The van der Waals surface area contributed by atoms with E-state index in [1.165, 1.54) is 11.8 Å². The predicted octanol–water partition coefficient (Wildman–Crippen LogP) is 5.55. The first-order valence-corrected chi connectivity index (χ1v) is 11.3. The topological polar surface area (TPSA) is 47.4 Å². The van der Waals surface area contributed by atoms with Crippen molar-refractivity contribution < 1.29 is 9.53 Å². The van der Waals surface area contributed by atoms with Crippen LogP contribution in [0.15, 0.2) is 65.7 Å². The average Bonchev–Trinajstić information content (AvgIpc) is 3.34. The van der Waals surface area contributed by atoms with Crippen molar-refractivity contribution in [3.8, 4) is 22.7 Å². The third-order valence-corrected chi connectivity index (χ3v) is 6.60. The van der Waals surface area contributed by atoms with E-state index in [1.807, 2.05) is 78.5 Å². The molecule has 1 atom stereocenters. The van der Waals surface area contributed by atoms with Crippen molar-refractivity contribution in [2.75, 3.05) is 7.11 Å². The molecule has 1 aliphatic rings. The minimum absolute atomic E-state index is 0.0440. The molecule has 7 heteroatoms. The Morgan fingerprint density at radius 1 is 1.16 bits per heavy atom. The molecule has 1 amide bonds. The summed E-state index contributed by atoms with van der Waals surface area (Å²) in [5, 5.41) is 4.83. The zero-order valence-corrected chi connectivity index (χ0v) is 19.2. The second kappa shape index (κ2) is 9.08. The van der Waals surface area contributed by atoms with Gasteiger partial charge in [-0.2, -0.15) is 5.10 Å². The van der Waals surface area contributed by atoms with Gasteiger partial charge in [-0.25, -0.2) is 4.68 Å². The summed E-state index contributed by atoms with van der Waals surface area (Å²) in [5.74, 6) is 0.736. The summed E-state index contributed by atoms with van der Waals surface area (Å²) in [6.45, 7) is 4.07. The molecule has 0 spiro atoms. The van der Waals surface area contributed by atoms with E-state index in [0.717, 1.165) is 34.7 Å². The molecular formula is C24H23N3O2S2. The number of thiocarbonyl (C=S) groups is 1. The molecule has 4 rings (SSSR count). The Morgan fingerprint density at radius 3 is 2.52 bits per heavy atom. The highest BCUT2D eigenvalue weighted by Gasteiger charge is 2.35. The van der Waals surface area contributed by atoms with Crippen LogP contribution in [0.4, 0.5) is 0 Å². The lowest BCUT2D eigenvalue weighted by atomic mass is 10.1. The lowest BCUT2D eigenvalue weighted by Gasteiger charge is -2.21. The summed E-state index contributed by atoms with van der Waals surface area (Å²) < 4.78 is 7.72. The highest BCUT2D eigenvalue weighted by atomic mass is 32.2. The molecule has 2 heterocycles. The number of hydrogen-bond acceptors (Lipinski definition) is 5. The molecule has 0 N–H and O–H groups in total. The lowest BCUT2D eigenvalue weighted by Crippen LogP contribution is -2.36. The Balaban J connectivity index is 1.79. The first-order chi connectivity index (χ1) is 15.0. The van der Waals surface area contributed by atoms with Crippen LogP contribution in [0.1, 0.15) is 25.8 Å². The van der Waals surface area contributed by atoms with Crippen LogP contribution in [0.3, 0.4) is 0 Å². The molecule has 1 fully saturated rings. The van der Waals surface area contributed by atoms with Gasteiger partial charge in [-0.3, -0.25) is 9.69 Å². The summed E-state index contributed by atoms with van der Waals surface area (Å²) in [6.07, 6.45) is 4.70. The van der Waals surface area contributed by atoms with Crippen molar-refractivity contribution in [3.05, 3.63) is 71.3 Å². The first-order valence-electron chi connectivity index (χ1n) is 10.1. The monoisotopic (exact) mass is 449 g/mol. The van der Waals surface area contributed by atoms with Gasteiger partial charge in [0.1, 0.15) is 10.1 Å². The van der Waals surface area contributed by atoms with Gasteiger partial charge < -0.3 is 4.74 Å². The molecule has 31 heavy (non-hydrogen) atoms. The van der Waals surface area contributed by atoms with E-state index >= 15 is 0 Å². The number of rotatable bonds is 6. The third kappa shape index (κ3) is 4.29. The third-order valence-electron chi connectivity index (χ3n) is 5.27. The van der Waals surface area contributed by atoms with E-state index in [1.54, 1.807) is 12.0 Å². The Labute approximate surface area is 191 Å². The summed E-state index contributed by atoms with van der Waals surface area (Å²) in [4.78, 5) is 15.4. The van der Waals surface area contributed by atoms with Gasteiger partial charge in [0.05, 0.1) is 23.4 Å². The van der Waals surface area contributed by atoms with Crippen LogP contribution in [-0.4, -0.2) is 38.1 Å². The molecule has 1 unspecified atom stereocenters.